The molecule has 1 aromatic heterocycles. The van der Waals surface area contributed by atoms with Crippen LogP contribution in [0.3, 0.4) is 0 Å². The van der Waals surface area contributed by atoms with E-state index in [2.05, 4.69) is 40.5 Å². The third kappa shape index (κ3) is 3.73. The topological polar surface area (TPSA) is 73.1 Å². The molecular formula is C17H21N5. The highest BCUT2D eigenvalue weighted by Crippen LogP contribution is 2.21. The average molecular weight is 295 g/mol. The van der Waals surface area contributed by atoms with Crippen LogP contribution in [0.4, 0.5) is 0 Å². The van der Waals surface area contributed by atoms with E-state index in [0.717, 1.165) is 24.1 Å². The minimum atomic E-state index is 0.230. The summed E-state index contributed by atoms with van der Waals surface area (Å²) >= 11 is 0. The highest BCUT2D eigenvalue weighted by molar-refractivity contribution is 5.90. The van der Waals surface area contributed by atoms with Gasteiger partial charge < -0.3 is 10.6 Å². The van der Waals surface area contributed by atoms with Gasteiger partial charge in [-0.3, -0.25) is 4.98 Å². The fraction of sp³-hybridized carbons (Fsp3) is 0.353. The molecule has 0 aromatic carbocycles. The Labute approximate surface area is 131 Å². The van der Waals surface area contributed by atoms with Crippen LogP contribution in [0.2, 0.25) is 0 Å². The van der Waals surface area contributed by atoms with Crippen molar-refractivity contribution in [2.75, 3.05) is 0 Å². The van der Waals surface area contributed by atoms with Gasteiger partial charge in [0.2, 0.25) is 0 Å². The molecular weight excluding hydrogens is 274 g/mol. The smallest absolute Gasteiger partial charge is 0.200 e. The molecule has 0 saturated carbocycles. The maximum atomic E-state index is 9.53. The van der Waals surface area contributed by atoms with Crippen LogP contribution in [-0.2, 0) is 0 Å². The normalized spacial score (nSPS) is 19.5. The van der Waals surface area contributed by atoms with Crippen LogP contribution < -0.4 is 10.6 Å². The Morgan fingerprint density at radius 1 is 1.45 bits per heavy atom. The van der Waals surface area contributed by atoms with E-state index in [-0.39, 0.29) is 6.04 Å². The molecule has 2 rings (SSSR count). The van der Waals surface area contributed by atoms with Gasteiger partial charge in [0.1, 0.15) is 11.6 Å². The number of nitriles is 1. The molecule has 0 saturated heterocycles. The van der Waals surface area contributed by atoms with Crippen LogP contribution in [-0.4, -0.2) is 17.0 Å². The molecule has 1 aliphatic rings. The van der Waals surface area contributed by atoms with Gasteiger partial charge in [-0.25, -0.2) is 4.99 Å². The molecule has 1 atom stereocenters. The van der Waals surface area contributed by atoms with Crippen molar-refractivity contribution in [1.29, 1.82) is 5.26 Å². The summed E-state index contributed by atoms with van der Waals surface area (Å²) in [5, 5.41) is 15.9. The van der Waals surface area contributed by atoms with Crippen LogP contribution in [0, 0.1) is 11.3 Å². The third-order valence-electron chi connectivity index (χ3n) is 3.40. The van der Waals surface area contributed by atoms with Crippen molar-refractivity contribution in [2.24, 2.45) is 4.99 Å². The molecule has 0 bridgehead atoms. The van der Waals surface area contributed by atoms with Gasteiger partial charge in [-0.2, -0.15) is 5.26 Å². The standard InChI is InChI=1S/C17H21N5/c1-4-7-13(3)21-17-20-11-12(2)16(22-17)14(10-18)15-8-5-6-9-19-15/h5-6,8-9,11,13H,4,7H2,1-3H3,(H2,20,21,22)/b16-14+. The number of hydrogen-bond acceptors (Lipinski definition) is 3. The number of rotatable bonds is 4. The van der Waals surface area contributed by atoms with E-state index in [0.29, 0.717) is 17.2 Å². The number of nitrogens with one attached hydrogen (secondary N) is 2. The third-order valence-corrected chi connectivity index (χ3v) is 3.40. The lowest BCUT2D eigenvalue weighted by molar-refractivity contribution is 0.648. The van der Waals surface area contributed by atoms with Crippen LogP contribution in [0.1, 0.15) is 39.3 Å². The minimum Gasteiger partial charge on any atom is -0.332 e. The molecule has 0 amide bonds. The SMILES string of the molecule is CCCC(C)N=C1NC=C(C)/C(=C(/C#N)c2ccccn2)N1. The first-order valence-electron chi connectivity index (χ1n) is 7.50. The van der Waals surface area contributed by atoms with Crippen LogP contribution in [0.25, 0.3) is 5.57 Å². The highest BCUT2D eigenvalue weighted by atomic mass is 15.2. The maximum Gasteiger partial charge on any atom is 0.200 e. The second-order valence-electron chi connectivity index (χ2n) is 5.29. The van der Waals surface area contributed by atoms with E-state index >= 15 is 0 Å². The first kappa shape index (κ1) is 15.8. The Kier molecular flexibility index (Phi) is 5.31. The molecule has 0 aliphatic carbocycles. The summed E-state index contributed by atoms with van der Waals surface area (Å²) in [6.45, 7) is 6.17. The number of pyridine rings is 1. The summed E-state index contributed by atoms with van der Waals surface area (Å²) in [6.07, 6.45) is 5.67. The molecule has 2 heterocycles. The van der Waals surface area contributed by atoms with Crippen molar-refractivity contribution in [2.45, 2.75) is 39.7 Å². The number of allylic oxidation sites excluding steroid dienone is 2. The Morgan fingerprint density at radius 3 is 2.91 bits per heavy atom. The van der Waals surface area contributed by atoms with Gasteiger partial charge in [0, 0.05) is 12.4 Å². The zero-order valence-electron chi connectivity index (χ0n) is 13.2. The van der Waals surface area contributed by atoms with Crippen molar-refractivity contribution in [3.05, 3.63) is 47.6 Å². The first-order valence-corrected chi connectivity index (χ1v) is 7.50. The Bertz CT molecular complexity index is 649. The Balaban J connectivity index is 2.37. The first-order chi connectivity index (χ1) is 10.7. The van der Waals surface area contributed by atoms with Gasteiger partial charge in [-0.15, -0.1) is 0 Å². The lowest BCUT2D eigenvalue weighted by Crippen LogP contribution is -2.39. The minimum absolute atomic E-state index is 0.230. The molecule has 22 heavy (non-hydrogen) atoms. The lowest BCUT2D eigenvalue weighted by atomic mass is 10.1. The van der Waals surface area contributed by atoms with E-state index in [1.165, 1.54) is 0 Å². The fourth-order valence-electron chi connectivity index (χ4n) is 2.29. The van der Waals surface area contributed by atoms with Gasteiger partial charge >= 0.3 is 0 Å². The number of hydrogen-bond donors (Lipinski definition) is 2. The van der Waals surface area contributed by atoms with Gasteiger partial charge in [0.05, 0.1) is 17.4 Å². The zero-order chi connectivity index (χ0) is 15.9. The maximum absolute atomic E-state index is 9.53. The van der Waals surface area contributed by atoms with E-state index in [4.69, 9.17) is 0 Å². The van der Waals surface area contributed by atoms with E-state index in [1.54, 1.807) is 6.20 Å². The molecule has 1 aliphatic heterocycles. The van der Waals surface area contributed by atoms with Gasteiger partial charge in [-0.1, -0.05) is 19.4 Å². The van der Waals surface area contributed by atoms with Crippen LogP contribution >= 0.6 is 0 Å². The van der Waals surface area contributed by atoms with E-state index < -0.39 is 0 Å². The summed E-state index contributed by atoms with van der Waals surface area (Å²) < 4.78 is 0. The second kappa shape index (κ2) is 7.41. The van der Waals surface area contributed by atoms with Gasteiger partial charge in [0.15, 0.2) is 5.96 Å². The molecule has 5 heteroatoms. The Morgan fingerprint density at radius 2 is 2.27 bits per heavy atom. The summed E-state index contributed by atoms with van der Waals surface area (Å²) in [5.74, 6) is 0.672. The highest BCUT2D eigenvalue weighted by Gasteiger charge is 2.17. The van der Waals surface area contributed by atoms with Gasteiger partial charge in [0.25, 0.3) is 0 Å². The van der Waals surface area contributed by atoms with E-state index in [9.17, 15) is 5.26 Å². The van der Waals surface area contributed by atoms with Crippen LogP contribution in [0.5, 0.6) is 0 Å². The molecule has 114 valence electrons. The summed E-state index contributed by atoms with van der Waals surface area (Å²) in [4.78, 5) is 8.87. The van der Waals surface area contributed by atoms with Crippen molar-refractivity contribution in [3.8, 4) is 6.07 Å². The predicted octanol–water partition coefficient (Wildman–Crippen LogP) is 2.96. The number of aliphatic imine (C=N–C) groups is 1. The summed E-state index contributed by atoms with van der Waals surface area (Å²) in [5.41, 5.74) is 2.88. The second-order valence-corrected chi connectivity index (χ2v) is 5.29. The Hall–Kier alpha value is -2.61. The van der Waals surface area contributed by atoms with E-state index in [1.807, 2.05) is 31.3 Å². The molecule has 2 N–H and O–H groups in total. The van der Waals surface area contributed by atoms with Gasteiger partial charge in [-0.05, 0) is 38.0 Å². The van der Waals surface area contributed by atoms with Crippen molar-refractivity contribution >= 4 is 11.5 Å². The number of guanidine groups is 1. The van der Waals surface area contributed by atoms with Crippen molar-refractivity contribution < 1.29 is 0 Å². The predicted molar refractivity (Wildman–Crippen MR) is 88.6 cm³/mol. The molecule has 1 aromatic rings. The number of aromatic nitrogens is 1. The van der Waals surface area contributed by atoms with Crippen molar-refractivity contribution in [1.82, 2.24) is 15.6 Å². The molecule has 0 fully saturated rings. The summed E-state index contributed by atoms with van der Waals surface area (Å²) in [7, 11) is 0. The average Bonchev–Trinajstić information content (AvgIpc) is 2.52. The zero-order valence-corrected chi connectivity index (χ0v) is 13.2. The van der Waals surface area contributed by atoms with Crippen molar-refractivity contribution in [3.63, 3.8) is 0 Å². The lowest BCUT2D eigenvalue weighted by Gasteiger charge is -2.22. The monoisotopic (exact) mass is 295 g/mol. The quantitative estimate of drug-likeness (QED) is 0.838. The molecule has 1 unspecified atom stereocenters. The fourth-order valence-corrected chi connectivity index (χ4v) is 2.29. The molecule has 5 nitrogen and oxygen atoms in total. The molecule has 0 radical (unpaired) electrons. The summed E-state index contributed by atoms with van der Waals surface area (Å²) in [6, 6.07) is 8.02. The van der Waals surface area contributed by atoms with Crippen LogP contribution in [0.15, 0.2) is 46.9 Å². The number of nitrogens with zero attached hydrogens (tertiary/aromatic N) is 3. The molecule has 0 spiro atoms. The largest absolute Gasteiger partial charge is 0.332 e.